The number of anilines is 1. The van der Waals surface area contributed by atoms with Gasteiger partial charge in [-0.25, -0.2) is 9.66 Å². The van der Waals surface area contributed by atoms with E-state index in [1.54, 1.807) is 23.1 Å². The van der Waals surface area contributed by atoms with Gasteiger partial charge in [-0.15, -0.1) is 0 Å². The molecule has 3 N–H and O–H groups in total. The first-order valence-electron chi connectivity index (χ1n) is 7.51. The van der Waals surface area contributed by atoms with Gasteiger partial charge in [-0.1, -0.05) is 0 Å². The molecule has 0 spiro atoms. The minimum absolute atomic E-state index is 0.153. The van der Waals surface area contributed by atoms with E-state index in [0.717, 1.165) is 16.6 Å². The van der Waals surface area contributed by atoms with Gasteiger partial charge in [-0.05, 0) is 26.8 Å². The molecule has 3 aromatic heterocycles. The molecule has 120 valence electrons. The summed E-state index contributed by atoms with van der Waals surface area (Å²) in [5, 5.41) is 9.38. The van der Waals surface area contributed by atoms with E-state index in [1.807, 2.05) is 25.8 Å². The molecule has 0 fully saturated rings. The number of aryl methyl sites for hydroxylation is 1. The second-order valence-corrected chi connectivity index (χ2v) is 5.21. The zero-order chi connectivity index (χ0) is 16.6. The van der Waals surface area contributed by atoms with Crippen LogP contribution in [-0.2, 0) is 0 Å². The average molecular weight is 313 g/mol. The molecule has 0 aliphatic carbocycles. The Bertz CT molecular complexity index is 894. The standard InChI is InChI=1S/C15H19N7O/c1-4-21(5-2)22-13-11(9(3)19-15(16)20-13)6-12(14(22)23)10-7-17-18-8-10/h6-8H,4-5H2,1-3H3,(H,17,18)(H2,16,19,20). The normalized spacial score (nSPS) is 11.1. The number of hydrogen-bond donors (Lipinski definition) is 2. The van der Waals surface area contributed by atoms with Crippen LogP contribution in [0, 0.1) is 6.92 Å². The van der Waals surface area contributed by atoms with Crippen molar-refractivity contribution in [2.24, 2.45) is 0 Å². The van der Waals surface area contributed by atoms with Crippen LogP contribution >= 0.6 is 0 Å². The molecule has 23 heavy (non-hydrogen) atoms. The molecule has 0 saturated carbocycles. The Morgan fingerprint density at radius 1 is 1.30 bits per heavy atom. The summed E-state index contributed by atoms with van der Waals surface area (Å²) < 4.78 is 1.59. The van der Waals surface area contributed by atoms with E-state index in [1.165, 1.54) is 0 Å². The van der Waals surface area contributed by atoms with Crippen LogP contribution in [0.3, 0.4) is 0 Å². The predicted octanol–water partition coefficient (Wildman–Crippen LogP) is 1.05. The molecule has 0 radical (unpaired) electrons. The Morgan fingerprint density at radius 3 is 2.65 bits per heavy atom. The van der Waals surface area contributed by atoms with E-state index in [2.05, 4.69) is 20.2 Å². The quantitative estimate of drug-likeness (QED) is 0.746. The van der Waals surface area contributed by atoms with Crippen molar-refractivity contribution < 1.29 is 0 Å². The number of rotatable bonds is 4. The molecule has 0 bridgehead atoms. The third-order valence-corrected chi connectivity index (χ3v) is 3.87. The van der Waals surface area contributed by atoms with E-state index in [9.17, 15) is 4.79 Å². The number of nitrogens with one attached hydrogen (secondary N) is 1. The van der Waals surface area contributed by atoms with Crippen molar-refractivity contribution in [2.75, 3.05) is 23.8 Å². The van der Waals surface area contributed by atoms with Gasteiger partial charge < -0.3 is 10.7 Å². The van der Waals surface area contributed by atoms with Gasteiger partial charge in [0.2, 0.25) is 5.95 Å². The summed E-state index contributed by atoms with van der Waals surface area (Å²) in [4.78, 5) is 21.6. The molecule has 8 nitrogen and oxygen atoms in total. The number of fused-ring (bicyclic) bond motifs is 1. The number of nitrogens with zero attached hydrogens (tertiary/aromatic N) is 5. The van der Waals surface area contributed by atoms with Crippen LogP contribution in [0.15, 0.2) is 23.3 Å². The summed E-state index contributed by atoms with van der Waals surface area (Å²) in [7, 11) is 0. The first-order valence-corrected chi connectivity index (χ1v) is 7.51. The molecule has 0 saturated heterocycles. The van der Waals surface area contributed by atoms with Crippen LogP contribution in [0.1, 0.15) is 19.5 Å². The highest BCUT2D eigenvalue weighted by molar-refractivity contribution is 5.84. The highest BCUT2D eigenvalue weighted by atomic mass is 16.1. The lowest BCUT2D eigenvalue weighted by Crippen LogP contribution is -2.43. The Morgan fingerprint density at radius 2 is 2.04 bits per heavy atom. The number of H-pyrrole nitrogens is 1. The van der Waals surface area contributed by atoms with Gasteiger partial charge in [0, 0.05) is 30.2 Å². The summed E-state index contributed by atoms with van der Waals surface area (Å²) >= 11 is 0. The zero-order valence-corrected chi connectivity index (χ0v) is 13.4. The SMILES string of the molecule is CCN(CC)n1c(=O)c(-c2cn[nH]c2)cc2c(C)nc(N)nc21. The number of pyridine rings is 1. The minimum Gasteiger partial charge on any atom is -0.368 e. The van der Waals surface area contributed by atoms with Crippen LogP contribution in [0.25, 0.3) is 22.2 Å². The number of aromatic nitrogens is 5. The molecule has 0 aromatic carbocycles. The maximum Gasteiger partial charge on any atom is 0.278 e. The molecular weight excluding hydrogens is 294 g/mol. The third-order valence-electron chi connectivity index (χ3n) is 3.87. The van der Waals surface area contributed by atoms with E-state index < -0.39 is 0 Å². The number of aromatic amines is 1. The summed E-state index contributed by atoms with van der Waals surface area (Å²) in [5.41, 5.74) is 8.18. The van der Waals surface area contributed by atoms with E-state index in [0.29, 0.717) is 24.3 Å². The number of nitrogen functional groups attached to an aromatic ring is 1. The van der Waals surface area contributed by atoms with Crippen LogP contribution in [0.4, 0.5) is 5.95 Å². The second-order valence-electron chi connectivity index (χ2n) is 5.21. The summed E-state index contributed by atoms with van der Waals surface area (Å²) in [6.07, 6.45) is 3.32. The topological polar surface area (TPSA) is 106 Å². The molecule has 0 aliphatic rings. The lowest BCUT2D eigenvalue weighted by atomic mass is 10.1. The van der Waals surface area contributed by atoms with Gasteiger partial charge in [0.05, 0.1) is 17.5 Å². The largest absolute Gasteiger partial charge is 0.368 e. The number of hydrogen-bond acceptors (Lipinski definition) is 6. The van der Waals surface area contributed by atoms with Crippen LogP contribution in [0.5, 0.6) is 0 Å². The fourth-order valence-electron chi connectivity index (χ4n) is 2.71. The second kappa shape index (κ2) is 5.71. The van der Waals surface area contributed by atoms with Gasteiger partial charge in [0.1, 0.15) is 0 Å². The van der Waals surface area contributed by atoms with Crippen LogP contribution in [0.2, 0.25) is 0 Å². The van der Waals surface area contributed by atoms with E-state index in [-0.39, 0.29) is 11.5 Å². The molecule has 0 unspecified atom stereocenters. The fourth-order valence-corrected chi connectivity index (χ4v) is 2.71. The first kappa shape index (κ1) is 15.0. The van der Waals surface area contributed by atoms with Gasteiger partial charge in [-0.3, -0.25) is 9.89 Å². The Hall–Kier alpha value is -2.90. The van der Waals surface area contributed by atoms with Crippen molar-refractivity contribution in [1.29, 1.82) is 0 Å². The predicted molar refractivity (Wildman–Crippen MR) is 89.8 cm³/mol. The zero-order valence-electron chi connectivity index (χ0n) is 13.4. The Labute approximate surface area is 132 Å². The van der Waals surface area contributed by atoms with Gasteiger partial charge in [-0.2, -0.15) is 10.1 Å². The average Bonchev–Trinajstić information content (AvgIpc) is 3.04. The Balaban J connectivity index is 2.45. The fraction of sp³-hybridized carbons (Fsp3) is 0.333. The van der Waals surface area contributed by atoms with Gasteiger partial charge in [0.15, 0.2) is 5.65 Å². The van der Waals surface area contributed by atoms with Crippen molar-refractivity contribution in [3.8, 4) is 11.1 Å². The van der Waals surface area contributed by atoms with Gasteiger partial charge in [0.25, 0.3) is 5.56 Å². The highest BCUT2D eigenvalue weighted by Crippen LogP contribution is 2.22. The molecule has 3 heterocycles. The van der Waals surface area contributed by atoms with Crippen LogP contribution < -0.4 is 16.3 Å². The summed E-state index contributed by atoms with van der Waals surface area (Å²) in [5.74, 6) is 0.159. The van der Waals surface area contributed by atoms with Crippen molar-refractivity contribution in [2.45, 2.75) is 20.8 Å². The van der Waals surface area contributed by atoms with Crippen molar-refractivity contribution in [3.05, 3.63) is 34.5 Å². The van der Waals surface area contributed by atoms with Gasteiger partial charge >= 0.3 is 0 Å². The molecule has 0 atom stereocenters. The Kier molecular flexibility index (Phi) is 3.73. The van der Waals surface area contributed by atoms with Crippen LogP contribution in [-0.4, -0.2) is 37.9 Å². The molecule has 3 aromatic rings. The van der Waals surface area contributed by atoms with Crippen molar-refractivity contribution >= 4 is 17.0 Å². The molecule has 3 rings (SSSR count). The maximum atomic E-state index is 13.0. The van der Waals surface area contributed by atoms with Crippen molar-refractivity contribution in [3.63, 3.8) is 0 Å². The van der Waals surface area contributed by atoms with E-state index in [4.69, 9.17) is 5.73 Å². The molecule has 8 heteroatoms. The minimum atomic E-state index is -0.153. The number of nitrogens with two attached hydrogens (primary N) is 1. The summed E-state index contributed by atoms with van der Waals surface area (Å²) in [6, 6.07) is 1.80. The molecule has 0 aliphatic heterocycles. The smallest absolute Gasteiger partial charge is 0.278 e. The summed E-state index contributed by atoms with van der Waals surface area (Å²) in [6.45, 7) is 7.18. The first-order chi connectivity index (χ1) is 11.1. The third kappa shape index (κ3) is 2.41. The molecule has 0 amide bonds. The monoisotopic (exact) mass is 313 g/mol. The van der Waals surface area contributed by atoms with E-state index >= 15 is 0 Å². The lowest BCUT2D eigenvalue weighted by Gasteiger charge is -2.25. The lowest BCUT2D eigenvalue weighted by molar-refractivity contribution is 0.615. The highest BCUT2D eigenvalue weighted by Gasteiger charge is 2.18. The maximum absolute atomic E-state index is 13.0. The molecular formula is C15H19N7O. The van der Waals surface area contributed by atoms with Crippen molar-refractivity contribution in [1.82, 2.24) is 24.8 Å².